The highest BCUT2D eigenvalue weighted by molar-refractivity contribution is 9.10. The largest absolute Gasteiger partial charge is 0.380 e. The summed E-state index contributed by atoms with van der Waals surface area (Å²) in [5, 5.41) is 5.11. The molecular weight excluding hydrogens is 386 g/mol. The van der Waals surface area contributed by atoms with Gasteiger partial charge in [0.15, 0.2) is 0 Å². The summed E-state index contributed by atoms with van der Waals surface area (Å²) in [5.41, 5.74) is 5.86. The Hall–Kier alpha value is -1.91. The van der Waals surface area contributed by atoms with Crippen molar-refractivity contribution in [1.29, 1.82) is 0 Å². The van der Waals surface area contributed by atoms with Crippen LogP contribution in [-0.2, 0) is 6.54 Å². The molecule has 2 aromatic heterocycles. The number of aryl methyl sites for hydroxylation is 2. The van der Waals surface area contributed by atoms with Crippen LogP contribution in [0.3, 0.4) is 0 Å². The summed E-state index contributed by atoms with van der Waals surface area (Å²) < 4.78 is 0.775. The van der Waals surface area contributed by atoms with Gasteiger partial charge in [0.2, 0.25) is 0 Å². The molecule has 0 amide bonds. The zero-order chi connectivity index (χ0) is 17.3. The van der Waals surface area contributed by atoms with Crippen molar-refractivity contribution in [3.05, 3.63) is 75.1 Å². The van der Waals surface area contributed by atoms with E-state index >= 15 is 0 Å². The lowest BCUT2D eigenvalue weighted by Gasteiger charge is -2.15. The molecule has 3 rings (SSSR count). The molecule has 0 radical (unpaired) electrons. The van der Waals surface area contributed by atoms with Crippen LogP contribution in [0.4, 0.5) is 0 Å². The average molecular weight is 403 g/mol. The first-order valence-electron chi connectivity index (χ1n) is 7.56. The van der Waals surface area contributed by atoms with Crippen LogP contribution in [0, 0.1) is 13.8 Å². The van der Waals surface area contributed by atoms with Gasteiger partial charge in [0.05, 0.1) is 16.9 Å². The molecule has 2 heterocycles. The van der Waals surface area contributed by atoms with E-state index in [-0.39, 0.29) is 0 Å². The third-order valence-electron chi connectivity index (χ3n) is 4.03. The molecule has 0 aliphatic carbocycles. The average Bonchev–Trinajstić information content (AvgIpc) is 2.57. The van der Waals surface area contributed by atoms with Crippen molar-refractivity contribution in [2.24, 2.45) is 0 Å². The zero-order valence-corrected chi connectivity index (χ0v) is 15.9. The van der Waals surface area contributed by atoms with Crippen LogP contribution >= 0.6 is 27.5 Å². The molecule has 0 atom stereocenters. The Morgan fingerprint density at radius 1 is 1.29 bits per heavy atom. The maximum absolute atomic E-state index is 6.01. The van der Waals surface area contributed by atoms with Gasteiger partial charge in [-0.25, -0.2) is 4.98 Å². The number of hydrogen-bond acceptors (Lipinski definition) is 3. The van der Waals surface area contributed by atoms with E-state index in [4.69, 9.17) is 11.6 Å². The first kappa shape index (κ1) is 16.9. The SMILES string of the molecule is C=C(NCc1ccc(Cl)cc1C)c1nc(Br)c2cccnc2c1C. The monoisotopic (exact) mass is 401 g/mol. The third kappa shape index (κ3) is 3.30. The Balaban J connectivity index is 1.87. The smallest absolute Gasteiger partial charge is 0.116 e. The normalized spacial score (nSPS) is 10.8. The first-order valence-corrected chi connectivity index (χ1v) is 8.73. The van der Waals surface area contributed by atoms with E-state index in [0.717, 1.165) is 43.0 Å². The van der Waals surface area contributed by atoms with Gasteiger partial charge in [-0.05, 0) is 65.2 Å². The second-order valence-electron chi connectivity index (χ2n) is 5.68. The van der Waals surface area contributed by atoms with Gasteiger partial charge in [0.1, 0.15) is 4.60 Å². The van der Waals surface area contributed by atoms with Crippen LogP contribution < -0.4 is 5.32 Å². The van der Waals surface area contributed by atoms with Gasteiger partial charge in [-0.15, -0.1) is 0 Å². The summed E-state index contributed by atoms with van der Waals surface area (Å²) in [6.45, 7) is 8.88. The summed E-state index contributed by atoms with van der Waals surface area (Å²) in [7, 11) is 0. The highest BCUT2D eigenvalue weighted by Gasteiger charge is 2.13. The Morgan fingerprint density at radius 3 is 2.83 bits per heavy atom. The Labute approximate surface area is 154 Å². The van der Waals surface area contributed by atoms with Crippen molar-refractivity contribution < 1.29 is 0 Å². The van der Waals surface area contributed by atoms with Crippen LogP contribution in [0.15, 0.2) is 47.7 Å². The lowest BCUT2D eigenvalue weighted by atomic mass is 10.1. The maximum atomic E-state index is 6.01. The van der Waals surface area contributed by atoms with Crippen LogP contribution in [0.2, 0.25) is 5.02 Å². The number of rotatable bonds is 4. The standard InChI is InChI=1S/C19H17BrClN3/c1-11-9-15(21)7-6-14(11)10-23-13(3)17-12(2)18-16(19(20)24-17)5-4-8-22-18/h4-9,23H,3,10H2,1-2H3. The van der Waals surface area contributed by atoms with Crippen molar-refractivity contribution >= 4 is 44.1 Å². The molecule has 122 valence electrons. The maximum Gasteiger partial charge on any atom is 0.116 e. The lowest BCUT2D eigenvalue weighted by Crippen LogP contribution is -2.14. The predicted molar refractivity (Wildman–Crippen MR) is 104 cm³/mol. The molecule has 3 aromatic rings. The molecule has 0 unspecified atom stereocenters. The minimum absolute atomic E-state index is 0.667. The van der Waals surface area contributed by atoms with Crippen LogP contribution in [0.25, 0.3) is 16.6 Å². The summed E-state index contributed by atoms with van der Waals surface area (Å²) in [6.07, 6.45) is 1.79. The first-order chi connectivity index (χ1) is 11.5. The highest BCUT2D eigenvalue weighted by atomic mass is 79.9. The van der Waals surface area contributed by atoms with Gasteiger partial charge in [-0.1, -0.05) is 24.2 Å². The van der Waals surface area contributed by atoms with E-state index in [0.29, 0.717) is 6.54 Å². The number of nitrogens with one attached hydrogen (secondary N) is 1. The number of benzene rings is 1. The molecule has 0 saturated heterocycles. The zero-order valence-electron chi connectivity index (χ0n) is 13.5. The highest BCUT2D eigenvalue weighted by Crippen LogP contribution is 2.27. The topological polar surface area (TPSA) is 37.8 Å². The Bertz CT molecular complexity index is 937. The molecule has 0 spiro atoms. The Kier molecular flexibility index (Phi) is 4.88. The van der Waals surface area contributed by atoms with Crippen LogP contribution in [0.1, 0.15) is 22.4 Å². The van der Waals surface area contributed by atoms with E-state index in [1.54, 1.807) is 6.20 Å². The predicted octanol–water partition coefficient (Wildman–Crippen LogP) is 5.42. The van der Waals surface area contributed by atoms with Crippen molar-refractivity contribution in [2.75, 3.05) is 0 Å². The quantitative estimate of drug-likeness (QED) is 0.592. The number of fused-ring (bicyclic) bond motifs is 1. The molecule has 1 aromatic carbocycles. The fraction of sp³-hybridized carbons (Fsp3) is 0.158. The van der Waals surface area contributed by atoms with E-state index in [1.165, 1.54) is 5.56 Å². The van der Waals surface area contributed by atoms with Gasteiger partial charge in [-0.2, -0.15) is 0 Å². The van der Waals surface area contributed by atoms with Crippen molar-refractivity contribution in [3.8, 4) is 0 Å². The summed E-state index contributed by atoms with van der Waals surface area (Å²) in [6, 6.07) is 9.79. The van der Waals surface area contributed by atoms with Gasteiger partial charge in [-0.3, -0.25) is 4.98 Å². The lowest BCUT2D eigenvalue weighted by molar-refractivity contribution is 0.875. The van der Waals surface area contributed by atoms with Crippen molar-refractivity contribution in [3.63, 3.8) is 0 Å². The molecule has 1 N–H and O–H groups in total. The van der Waals surface area contributed by atoms with Gasteiger partial charge < -0.3 is 5.32 Å². The molecule has 5 heteroatoms. The van der Waals surface area contributed by atoms with Gasteiger partial charge in [0, 0.05) is 28.7 Å². The molecule has 0 aliphatic rings. The molecule has 0 bridgehead atoms. The van der Waals surface area contributed by atoms with Crippen molar-refractivity contribution in [1.82, 2.24) is 15.3 Å². The fourth-order valence-corrected chi connectivity index (χ4v) is 3.39. The number of aromatic nitrogens is 2. The fourth-order valence-electron chi connectivity index (χ4n) is 2.66. The number of nitrogens with zero attached hydrogens (tertiary/aromatic N) is 2. The van der Waals surface area contributed by atoms with E-state index in [9.17, 15) is 0 Å². The molecule has 0 fully saturated rings. The second-order valence-corrected chi connectivity index (χ2v) is 6.87. The minimum Gasteiger partial charge on any atom is -0.380 e. The summed E-state index contributed by atoms with van der Waals surface area (Å²) >= 11 is 9.54. The molecular formula is C19H17BrClN3. The van der Waals surface area contributed by atoms with Crippen LogP contribution in [-0.4, -0.2) is 9.97 Å². The van der Waals surface area contributed by atoms with Crippen LogP contribution in [0.5, 0.6) is 0 Å². The Morgan fingerprint density at radius 2 is 2.08 bits per heavy atom. The molecule has 24 heavy (non-hydrogen) atoms. The summed E-state index contributed by atoms with van der Waals surface area (Å²) in [4.78, 5) is 9.12. The minimum atomic E-state index is 0.667. The third-order valence-corrected chi connectivity index (χ3v) is 4.87. The van der Waals surface area contributed by atoms with E-state index in [2.05, 4.69) is 37.8 Å². The van der Waals surface area contributed by atoms with E-state index in [1.807, 2.05) is 44.2 Å². The molecule has 0 aliphatic heterocycles. The second kappa shape index (κ2) is 6.91. The number of hydrogen-bond donors (Lipinski definition) is 1. The molecule has 3 nitrogen and oxygen atoms in total. The summed E-state index contributed by atoms with van der Waals surface area (Å²) in [5.74, 6) is 0. The van der Waals surface area contributed by atoms with E-state index < -0.39 is 0 Å². The van der Waals surface area contributed by atoms with Crippen molar-refractivity contribution in [2.45, 2.75) is 20.4 Å². The molecule has 0 saturated carbocycles. The number of pyridine rings is 2. The number of halogens is 2. The van der Waals surface area contributed by atoms with Gasteiger partial charge >= 0.3 is 0 Å². The van der Waals surface area contributed by atoms with Gasteiger partial charge in [0.25, 0.3) is 0 Å².